The number of piperazine rings is 1. The molecule has 5 aromatic rings. The van der Waals surface area contributed by atoms with Crippen molar-refractivity contribution in [2.24, 2.45) is 0 Å². The van der Waals surface area contributed by atoms with Crippen LogP contribution in [0, 0.1) is 0 Å². The van der Waals surface area contributed by atoms with Crippen molar-refractivity contribution < 1.29 is 14.2 Å². The Balaban J connectivity index is 0.00000432. The van der Waals surface area contributed by atoms with E-state index >= 15 is 0 Å². The molecule has 2 aromatic heterocycles. The van der Waals surface area contributed by atoms with Gasteiger partial charge in [0.25, 0.3) is 0 Å². The highest BCUT2D eigenvalue weighted by Crippen LogP contribution is 2.40. The second-order valence-corrected chi connectivity index (χ2v) is 13.1. The highest BCUT2D eigenvalue weighted by atomic mass is 35.5. The summed E-state index contributed by atoms with van der Waals surface area (Å²) in [6, 6.07) is 21.6. The molecule has 50 heavy (non-hydrogen) atoms. The normalized spacial score (nSPS) is 19.7. The van der Waals surface area contributed by atoms with Gasteiger partial charge in [0.15, 0.2) is 0 Å². The van der Waals surface area contributed by atoms with E-state index in [2.05, 4.69) is 49.2 Å². The maximum atomic E-state index is 12.8. The van der Waals surface area contributed by atoms with Crippen LogP contribution < -0.4 is 26.4 Å². The van der Waals surface area contributed by atoms with Crippen LogP contribution in [0.3, 0.4) is 0 Å². The van der Waals surface area contributed by atoms with Crippen LogP contribution in [-0.4, -0.2) is 74.6 Å². The molecule has 3 atom stereocenters. The summed E-state index contributed by atoms with van der Waals surface area (Å²) in [6.45, 7) is 8.48. The van der Waals surface area contributed by atoms with E-state index in [1.807, 2.05) is 44.2 Å². The van der Waals surface area contributed by atoms with E-state index in [-0.39, 0.29) is 30.5 Å². The Morgan fingerprint density at radius 3 is 2.20 bits per heavy atom. The molecule has 2 saturated heterocycles. The van der Waals surface area contributed by atoms with Gasteiger partial charge >= 0.3 is 5.69 Å². The molecule has 15 heteroatoms. The minimum Gasteiger partial charge on any atom is -0.491 e. The lowest BCUT2D eigenvalue weighted by Gasteiger charge is -2.37. The van der Waals surface area contributed by atoms with Crippen LogP contribution in [0.25, 0.3) is 5.69 Å². The highest BCUT2D eigenvalue weighted by molar-refractivity contribution is 6.35. The van der Waals surface area contributed by atoms with Gasteiger partial charge < -0.3 is 30.2 Å². The fourth-order valence-corrected chi connectivity index (χ4v) is 6.79. The summed E-state index contributed by atoms with van der Waals surface area (Å²) in [6.07, 6.45) is 5.19. The first kappa shape index (κ1) is 35.4. The number of ether oxygens (including phenoxy) is 3. The smallest absolute Gasteiger partial charge is 0.350 e. The minimum absolute atomic E-state index is 0. The van der Waals surface area contributed by atoms with Crippen LogP contribution in [-0.2, 0) is 21.8 Å². The molecular weight excluding hydrogens is 681 g/mol. The average molecular weight is 723 g/mol. The van der Waals surface area contributed by atoms with Crippen molar-refractivity contribution >= 4 is 34.6 Å². The Kier molecular flexibility index (Phi) is 10.8. The van der Waals surface area contributed by atoms with Crippen LogP contribution in [0.2, 0.25) is 10.0 Å². The number of benzene rings is 3. The molecule has 2 fully saturated rings. The van der Waals surface area contributed by atoms with Crippen LogP contribution in [0.15, 0.2) is 90.5 Å². The van der Waals surface area contributed by atoms with E-state index in [0.29, 0.717) is 28.8 Å². The Morgan fingerprint density at radius 2 is 1.58 bits per heavy atom. The number of nitrogens with zero attached hydrogens (tertiary/aromatic N) is 8. The number of rotatable bonds is 11. The molecule has 0 saturated carbocycles. The Labute approximate surface area is 300 Å². The summed E-state index contributed by atoms with van der Waals surface area (Å²) in [5.74, 6) is -0.410. The molecule has 2 aliphatic heterocycles. The predicted molar refractivity (Wildman–Crippen MR) is 193 cm³/mol. The number of halogens is 2. The molecule has 13 nitrogen and oxygen atoms in total. The standard InChI is InChI=1S/C35H38Cl2N8O4.H3N/c1-3-25(2)45-34(46)44(24-40-45)29-7-5-27(6-8-29)41-14-16-42(17-15-41)28-9-11-30(12-10-28)47-19-31-20-48-35(49-31,21-43-23-38-22-39-43)32-13-4-26(36)18-33(32)37;/h4-13,18,22-25,31H,3,14-17,19-21H2,1-2H3;1H3/t25?,31?,35-;/m1./s1. The first-order valence-electron chi connectivity index (χ1n) is 16.4. The van der Waals surface area contributed by atoms with Gasteiger partial charge in [-0.15, -0.1) is 0 Å². The number of aromatic nitrogens is 6. The summed E-state index contributed by atoms with van der Waals surface area (Å²) in [7, 11) is 0. The zero-order valence-corrected chi connectivity index (χ0v) is 29.6. The van der Waals surface area contributed by atoms with Gasteiger partial charge in [-0.2, -0.15) is 10.2 Å². The molecule has 7 rings (SSSR count). The Bertz CT molecular complexity index is 1910. The second kappa shape index (κ2) is 15.2. The van der Waals surface area contributed by atoms with Gasteiger partial charge in [0.2, 0.25) is 5.79 Å². The molecule has 0 radical (unpaired) electrons. The number of hydrogen-bond donors (Lipinski definition) is 1. The summed E-state index contributed by atoms with van der Waals surface area (Å²) >= 11 is 12.7. The Morgan fingerprint density at radius 1 is 0.920 bits per heavy atom. The lowest BCUT2D eigenvalue weighted by atomic mass is 10.1. The minimum atomic E-state index is -1.16. The zero-order chi connectivity index (χ0) is 34.0. The van der Waals surface area contributed by atoms with E-state index in [0.717, 1.165) is 55.4 Å². The van der Waals surface area contributed by atoms with Gasteiger partial charge in [-0.3, -0.25) is 0 Å². The highest BCUT2D eigenvalue weighted by Gasteiger charge is 2.45. The molecule has 0 spiro atoms. The van der Waals surface area contributed by atoms with Crippen molar-refractivity contribution in [3.05, 3.63) is 112 Å². The van der Waals surface area contributed by atoms with Crippen molar-refractivity contribution in [2.75, 3.05) is 49.2 Å². The van der Waals surface area contributed by atoms with Gasteiger partial charge in [0.1, 0.15) is 44.0 Å². The van der Waals surface area contributed by atoms with Gasteiger partial charge in [0.05, 0.1) is 23.4 Å². The van der Waals surface area contributed by atoms with Crippen molar-refractivity contribution in [2.45, 2.75) is 44.7 Å². The molecule has 2 aliphatic rings. The molecule has 264 valence electrons. The fraction of sp³-hybridized carbons (Fsp3) is 0.371. The maximum Gasteiger partial charge on any atom is 0.350 e. The van der Waals surface area contributed by atoms with Crippen molar-refractivity contribution in [1.29, 1.82) is 0 Å². The van der Waals surface area contributed by atoms with Gasteiger partial charge in [-0.05, 0) is 74.0 Å². The quantitative estimate of drug-likeness (QED) is 0.180. The van der Waals surface area contributed by atoms with E-state index < -0.39 is 5.79 Å². The van der Waals surface area contributed by atoms with E-state index in [1.165, 1.54) is 11.0 Å². The van der Waals surface area contributed by atoms with Crippen molar-refractivity contribution in [3.63, 3.8) is 0 Å². The maximum absolute atomic E-state index is 12.8. The van der Waals surface area contributed by atoms with Gasteiger partial charge in [-0.25, -0.2) is 23.7 Å². The van der Waals surface area contributed by atoms with E-state index in [9.17, 15) is 4.79 Å². The lowest BCUT2D eigenvalue weighted by Crippen LogP contribution is -2.46. The largest absolute Gasteiger partial charge is 0.491 e. The molecule has 0 amide bonds. The topological polar surface area (TPSA) is 140 Å². The van der Waals surface area contributed by atoms with Crippen LogP contribution in [0.4, 0.5) is 11.4 Å². The monoisotopic (exact) mass is 721 g/mol. The average Bonchev–Trinajstić information content (AvgIpc) is 3.88. The van der Waals surface area contributed by atoms with Crippen molar-refractivity contribution in [3.8, 4) is 11.4 Å². The van der Waals surface area contributed by atoms with E-state index in [1.54, 1.807) is 34.0 Å². The molecular formula is C35H41Cl2N9O4. The Hall–Kier alpha value is -4.40. The third-order valence-corrected chi connectivity index (χ3v) is 9.70. The molecule has 4 heterocycles. The first-order chi connectivity index (χ1) is 23.8. The molecule has 3 aromatic carbocycles. The predicted octanol–water partition coefficient (Wildman–Crippen LogP) is 5.74. The summed E-state index contributed by atoms with van der Waals surface area (Å²) in [5.41, 5.74) is 3.64. The summed E-state index contributed by atoms with van der Waals surface area (Å²) in [4.78, 5) is 21.6. The van der Waals surface area contributed by atoms with Gasteiger partial charge in [0, 0.05) is 48.1 Å². The van der Waals surface area contributed by atoms with Crippen LogP contribution >= 0.6 is 23.2 Å². The van der Waals surface area contributed by atoms with Gasteiger partial charge in [-0.1, -0.05) is 36.2 Å². The first-order valence-corrected chi connectivity index (χ1v) is 17.2. The van der Waals surface area contributed by atoms with Crippen LogP contribution in [0.1, 0.15) is 31.9 Å². The van der Waals surface area contributed by atoms with Crippen LogP contribution in [0.5, 0.6) is 5.75 Å². The molecule has 0 bridgehead atoms. The molecule has 0 aliphatic carbocycles. The SMILES string of the molecule is CCC(C)n1ncn(-c2ccc(N3CCN(c4ccc(OCC5CO[C@@](Cn6cncn6)(c6ccc(Cl)cc6Cl)O5)cc4)CC3)cc2)c1=O.N. The second-order valence-electron chi connectivity index (χ2n) is 12.3. The summed E-state index contributed by atoms with van der Waals surface area (Å²) in [5, 5.41) is 9.50. The van der Waals surface area contributed by atoms with Crippen molar-refractivity contribution in [1.82, 2.24) is 35.3 Å². The van der Waals surface area contributed by atoms with E-state index in [4.69, 9.17) is 37.4 Å². The lowest BCUT2D eigenvalue weighted by molar-refractivity contribution is -0.190. The zero-order valence-electron chi connectivity index (χ0n) is 28.1. The molecule has 2 unspecified atom stereocenters. The third-order valence-electron chi connectivity index (χ3n) is 9.15. The fourth-order valence-electron chi connectivity index (χ4n) is 6.24. The third kappa shape index (κ3) is 7.37. The number of anilines is 2. The number of hydrogen-bond acceptors (Lipinski definition) is 10. The summed E-state index contributed by atoms with van der Waals surface area (Å²) < 4.78 is 23.7. The molecule has 3 N–H and O–H groups in total.